The second-order valence-electron chi connectivity index (χ2n) is 7.05. The zero-order valence-corrected chi connectivity index (χ0v) is 16.2. The Morgan fingerprint density at radius 3 is 2.46 bits per heavy atom. The highest BCUT2D eigenvalue weighted by molar-refractivity contribution is 7.16. The van der Waals surface area contributed by atoms with E-state index >= 15 is 0 Å². The van der Waals surface area contributed by atoms with Gasteiger partial charge in [0.05, 0.1) is 17.5 Å². The Bertz CT molecular complexity index is 844. The zero-order valence-electron chi connectivity index (χ0n) is 15.3. The van der Waals surface area contributed by atoms with Crippen LogP contribution in [0.5, 0.6) is 0 Å². The van der Waals surface area contributed by atoms with Gasteiger partial charge >= 0.3 is 5.97 Å². The number of anilines is 1. The van der Waals surface area contributed by atoms with E-state index in [4.69, 9.17) is 0 Å². The van der Waals surface area contributed by atoms with Crippen LogP contribution in [0.1, 0.15) is 41.7 Å². The van der Waals surface area contributed by atoms with Gasteiger partial charge in [-0.3, -0.25) is 9.59 Å². The van der Waals surface area contributed by atoms with Crippen LogP contribution in [0, 0.1) is 32.6 Å². The fourth-order valence-corrected chi connectivity index (χ4v) is 4.38. The molecule has 2 atom stereocenters. The summed E-state index contributed by atoms with van der Waals surface area (Å²) < 4.78 is 0. The fraction of sp³-hybridized carbons (Fsp3) is 0.450. The molecule has 0 saturated heterocycles. The molecule has 6 heteroatoms. The highest BCUT2D eigenvalue weighted by Gasteiger charge is 2.36. The van der Waals surface area contributed by atoms with Crippen molar-refractivity contribution in [2.45, 2.75) is 46.5 Å². The van der Waals surface area contributed by atoms with Crippen LogP contribution in [-0.4, -0.2) is 22.0 Å². The third kappa shape index (κ3) is 3.80. The number of aliphatic carboxylic acids is 1. The number of aryl methyl sites for hydroxylation is 3. The number of rotatable bonds is 4. The van der Waals surface area contributed by atoms with E-state index in [1.165, 1.54) is 22.5 Å². The number of carboxylic acid groups (broad SMARTS) is 1. The largest absolute Gasteiger partial charge is 0.481 e. The van der Waals surface area contributed by atoms with Crippen molar-refractivity contribution in [3.05, 3.63) is 34.2 Å². The molecule has 2 aromatic rings. The second-order valence-corrected chi connectivity index (χ2v) is 8.25. The molecule has 1 aliphatic rings. The summed E-state index contributed by atoms with van der Waals surface area (Å²) in [6.45, 7) is 6.12. The number of carbonyl (C=O) groups is 2. The summed E-state index contributed by atoms with van der Waals surface area (Å²) in [4.78, 5) is 29.7. The van der Waals surface area contributed by atoms with Crippen molar-refractivity contribution in [3.8, 4) is 11.3 Å². The number of hydrogen-bond acceptors (Lipinski definition) is 4. The summed E-state index contributed by atoms with van der Waals surface area (Å²) in [6.07, 6.45) is 2.95. The van der Waals surface area contributed by atoms with Crippen LogP contribution >= 0.6 is 11.3 Å². The van der Waals surface area contributed by atoms with Crippen molar-refractivity contribution >= 4 is 28.3 Å². The molecular weight excluding hydrogens is 348 g/mol. The van der Waals surface area contributed by atoms with Crippen LogP contribution in [0.15, 0.2) is 18.2 Å². The molecular formula is C20H24N2O3S. The third-order valence-electron chi connectivity index (χ3n) is 5.23. The van der Waals surface area contributed by atoms with Crippen LogP contribution in [0.2, 0.25) is 0 Å². The molecule has 1 amide bonds. The first-order valence-electron chi connectivity index (χ1n) is 8.95. The van der Waals surface area contributed by atoms with E-state index in [9.17, 15) is 14.7 Å². The average Bonchev–Trinajstić information content (AvgIpc) is 2.97. The zero-order chi connectivity index (χ0) is 18.8. The number of thiazole rings is 1. The Labute approximate surface area is 157 Å². The maximum atomic E-state index is 12.6. The summed E-state index contributed by atoms with van der Waals surface area (Å²) in [5.74, 6) is -2.17. The number of amides is 1. The molecule has 0 spiro atoms. The van der Waals surface area contributed by atoms with Gasteiger partial charge in [-0.25, -0.2) is 4.98 Å². The predicted octanol–water partition coefficient (Wildman–Crippen LogP) is 4.56. The van der Waals surface area contributed by atoms with E-state index in [1.807, 2.05) is 13.0 Å². The van der Waals surface area contributed by atoms with Gasteiger partial charge in [-0.1, -0.05) is 25.0 Å². The van der Waals surface area contributed by atoms with Crippen LogP contribution < -0.4 is 5.32 Å². The maximum absolute atomic E-state index is 12.6. The lowest BCUT2D eigenvalue weighted by atomic mass is 9.79. The molecule has 0 aliphatic heterocycles. The first kappa shape index (κ1) is 18.6. The Morgan fingerprint density at radius 1 is 1.12 bits per heavy atom. The predicted molar refractivity (Wildman–Crippen MR) is 103 cm³/mol. The Morgan fingerprint density at radius 2 is 1.81 bits per heavy atom. The Balaban J connectivity index is 1.79. The fourth-order valence-electron chi connectivity index (χ4n) is 3.54. The number of hydrogen-bond donors (Lipinski definition) is 2. The minimum Gasteiger partial charge on any atom is -0.481 e. The molecule has 1 aromatic heterocycles. The smallest absolute Gasteiger partial charge is 0.307 e. The quantitative estimate of drug-likeness (QED) is 0.824. The van der Waals surface area contributed by atoms with Gasteiger partial charge < -0.3 is 10.4 Å². The molecule has 1 saturated carbocycles. The van der Waals surface area contributed by atoms with Crippen molar-refractivity contribution in [2.24, 2.45) is 11.8 Å². The van der Waals surface area contributed by atoms with Crippen LogP contribution in [0.3, 0.4) is 0 Å². The van der Waals surface area contributed by atoms with Crippen molar-refractivity contribution < 1.29 is 14.7 Å². The lowest BCUT2D eigenvalue weighted by Gasteiger charge is -2.26. The monoisotopic (exact) mass is 372 g/mol. The van der Waals surface area contributed by atoms with Crippen molar-refractivity contribution in [2.75, 3.05) is 5.32 Å². The number of nitrogens with one attached hydrogen (secondary N) is 1. The summed E-state index contributed by atoms with van der Waals surface area (Å²) >= 11 is 1.43. The first-order valence-corrected chi connectivity index (χ1v) is 9.77. The normalized spacial score (nSPS) is 20.0. The van der Waals surface area contributed by atoms with Crippen molar-refractivity contribution in [1.29, 1.82) is 0 Å². The van der Waals surface area contributed by atoms with Crippen LogP contribution in [-0.2, 0) is 9.59 Å². The molecule has 5 nitrogen and oxygen atoms in total. The lowest BCUT2D eigenvalue weighted by molar-refractivity contribution is -0.147. The number of benzene rings is 1. The maximum Gasteiger partial charge on any atom is 0.307 e. The summed E-state index contributed by atoms with van der Waals surface area (Å²) in [5, 5.41) is 12.8. The van der Waals surface area contributed by atoms with Gasteiger partial charge in [0.15, 0.2) is 5.13 Å². The molecule has 138 valence electrons. The first-order chi connectivity index (χ1) is 12.4. The van der Waals surface area contributed by atoms with E-state index in [0.717, 1.165) is 29.0 Å². The molecule has 1 fully saturated rings. The van der Waals surface area contributed by atoms with Gasteiger partial charge in [0.2, 0.25) is 5.91 Å². The van der Waals surface area contributed by atoms with Gasteiger partial charge in [-0.05, 0) is 50.8 Å². The molecule has 1 aliphatic carbocycles. The summed E-state index contributed by atoms with van der Waals surface area (Å²) in [5.41, 5.74) is 4.33. The van der Waals surface area contributed by atoms with Gasteiger partial charge in [-0.2, -0.15) is 0 Å². The highest BCUT2D eigenvalue weighted by atomic mass is 32.1. The number of carbonyl (C=O) groups excluding carboxylic acids is 1. The molecule has 0 radical (unpaired) electrons. The summed E-state index contributed by atoms with van der Waals surface area (Å²) in [6, 6.07) is 6.21. The summed E-state index contributed by atoms with van der Waals surface area (Å²) in [7, 11) is 0. The van der Waals surface area contributed by atoms with Gasteiger partial charge in [0.25, 0.3) is 0 Å². The lowest BCUT2D eigenvalue weighted by Crippen LogP contribution is -2.36. The number of nitrogens with zero attached hydrogens (tertiary/aromatic N) is 1. The standard InChI is InChI=1S/C20H24N2O3S/c1-11-8-9-14(10-12(11)2)17-13(3)26-20(21-17)22-18(23)15-6-4-5-7-16(15)19(24)25/h8-10,15-16H,4-7H2,1-3H3,(H,24,25)(H,21,22,23)/t15-,16+/m0/s1. The van der Waals surface area contributed by atoms with Gasteiger partial charge in [-0.15, -0.1) is 11.3 Å². The van der Waals surface area contributed by atoms with Gasteiger partial charge in [0.1, 0.15) is 0 Å². The van der Waals surface area contributed by atoms with Crippen LogP contribution in [0.4, 0.5) is 5.13 Å². The molecule has 3 rings (SSSR count). The Hall–Kier alpha value is -2.21. The average molecular weight is 372 g/mol. The molecule has 1 heterocycles. The van der Waals surface area contributed by atoms with Crippen molar-refractivity contribution in [1.82, 2.24) is 4.98 Å². The van der Waals surface area contributed by atoms with E-state index in [0.29, 0.717) is 18.0 Å². The topological polar surface area (TPSA) is 79.3 Å². The minimum absolute atomic E-state index is 0.225. The van der Waals surface area contributed by atoms with E-state index in [-0.39, 0.29) is 5.91 Å². The molecule has 0 unspecified atom stereocenters. The Kier molecular flexibility index (Phi) is 5.41. The van der Waals surface area contributed by atoms with Crippen molar-refractivity contribution in [3.63, 3.8) is 0 Å². The highest BCUT2D eigenvalue weighted by Crippen LogP contribution is 2.34. The second kappa shape index (κ2) is 7.58. The van der Waals surface area contributed by atoms with E-state index in [2.05, 4.69) is 36.3 Å². The minimum atomic E-state index is -0.879. The number of carboxylic acids is 1. The molecule has 26 heavy (non-hydrogen) atoms. The third-order valence-corrected chi connectivity index (χ3v) is 6.11. The molecule has 0 bridgehead atoms. The van der Waals surface area contributed by atoms with Gasteiger partial charge in [0, 0.05) is 10.4 Å². The number of aromatic nitrogens is 1. The SMILES string of the molecule is Cc1ccc(-c2nc(NC(=O)[C@H]3CCCC[C@H]3C(=O)O)sc2C)cc1C. The molecule has 2 N–H and O–H groups in total. The van der Waals surface area contributed by atoms with Crippen LogP contribution in [0.25, 0.3) is 11.3 Å². The van der Waals surface area contributed by atoms with E-state index in [1.54, 1.807) is 0 Å². The molecule has 1 aromatic carbocycles. The van der Waals surface area contributed by atoms with E-state index < -0.39 is 17.8 Å².